The van der Waals surface area contributed by atoms with E-state index >= 15 is 0 Å². The van der Waals surface area contributed by atoms with E-state index in [2.05, 4.69) is 25.9 Å². The number of pyridine rings is 1. The Labute approximate surface area is 161 Å². The molecule has 0 saturated carbocycles. The number of aromatic nitrogens is 1. The van der Waals surface area contributed by atoms with Gasteiger partial charge >= 0.3 is 6.18 Å². The van der Waals surface area contributed by atoms with Crippen LogP contribution in [0.1, 0.15) is 17.0 Å². The molecular formula is C19H24F3N5O. The quantitative estimate of drug-likeness (QED) is 0.314. The third-order valence-electron chi connectivity index (χ3n) is 4.05. The van der Waals surface area contributed by atoms with Gasteiger partial charge in [0.05, 0.1) is 12.2 Å². The molecule has 1 aromatic carbocycles. The molecule has 1 atom stereocenters. The van der Waals surface area contributed by atoms with E-state index in [1.807, 2.05) is 30.3 Å². The van der Waals surface area contributed by atoms with Crippen molar-refractivity contribution in [1.82, 2.24) is 15.6 Å². The number of hydrogen-bond donors (Lipinski definition) is 4. The molecule has 0 aliphatic carbocycles. The monoisotopic (exact) mass is 395 g/mol. The summed E-state index contributed by atoms with van der Waals surface area (Å²) in [5, 5.41) is 18.4. The molecule has 152 valence electrons. The lowest BCUT2D eigenvalue weighted by Crippen LogP contribution is -2.41. The highest BCUT2D eigenvalue weighted by Crippen LogP contribution is 2.33. The number of nitrogens with one attached hydrogen (secondary N) is 3. The fraction of sp³-hybridized carbons (Fsp3) is 0.368. The summed E-state index contributed by atoms with van der Waals surface area (Å²) in [7, 11) is 1.60. The Hall–Kier alpha value is -2.81. The highest BCUT2D eigenvalue weighted by molar-refractivity contribution is 5.79. The number of rotatable bonds is 8. The van der Waals surface area contributed by atoms with Gasteiger partial charge in [0.1, 0.15) is 5.82 Å². The summed E-state index contributed by atoms with van der Waals surface area (Å²) in [6, 6.07) is 11.8. The van der Waals surface area contributed by atoms with E-state index in [0.29, 0.717) is 19.0 Å². The number of aliphatic hydroxyl groups is 1. The zero-order valence-corrected chi connectivity index (χ0v) is 15.5. The number of nitrogens with zero attached hydrogens (tertiary/aromatic N) is 2. The van der Waals surface area contributed by atoms with Crippen molar-refractivity contribution in [3.63, 3.8) is 0 Å². The molecule has 1 aromatic heterocycles. The summed E-state index contributed by atoms with van der Waals surface area (Å²) in [5.74, 6) is 0.193. The maximum atomic E-state index is 12.9. The highest BCUT2D eigenvalue weighted by atomic mass is 19.4. The van der Waals surface area contributed by atoms with Crippen molar-refractivity contribution < 1.29 is 18.3 Å². The van der Waals surface area contributed by atoms with Gasteiger partial charge in [0.25, 0.3) is 0 Å². The number of halogens is 3. The third-order valence-corrected chi connectivity index (χ3v) is 4.05. The second-order valence-corrected chi connectivity index (χ2v) is 5.99. The van der Waals surface area contributed by atoms with Gasteiger partial charge in [0, 0.05) is 38.8 Å². The van der Waals surface area contributed by atoms with Crippen LogP contribution >= 0.6 is 0 Å². The number of alkyl halides is 3. The molecule has 0 spiro atoms. The van der Waals surface area contributed by atoms with Crippen LogP contribution in [0.15, 0.2) is 53.7 Å². The van der Waals surface area contributed by atoms with Crippen LogP contribution in [0.3, 0.4) is 0 Å². The van der Waals surface area contributed by atoms with Crippen LogP contribution in [-0.4, -0.2) is 49.3 Å². The van der Waals surface area contributed by atoms with Crippen molar-refractivity contribution >= 4 is 11.8 Å². The molecule has 0 aliphatic heterocycles. The average Bonchev–Trinajstić information content (AvgIpc) is 2.70. The van der Waals surface area contributed by atoms with Gasteiger partial charge in [0.15, 0.2) is 5.96 Å². The molecule has 4 N–H and O–H groups in total. The van der Waals surface area contributed by atoms with Crippen LogP contribution in [0.4, 0.5) is 19.0 Å². The van der Waals surface area contributed by atoms with Crippen molar-refractivity contribution in [3.05, 3.63) is 59.8 Å². The Balaban J connectivity index is 1.80. The van der Waals surface area contributed by atoms with Crippen LogP contribution in [0.5, 0.6) is 0 Å². The van der Waals surface area contributed by atoms with Crippen molar-refractivity contribution in [2.75, 3.05) is 38.6 Å². The van der Waals surface area contributed by atoms with E-state index in [9.17, 15) is 18.3 Å². The molecule has 1 unspecified atom stereocenters. The maximum Gasteiger partial charge on any atom is 0.419 e. The van der Waals surface area contributed by atoms with Crippen LogP contribution < -0.4 is 16.0 Å². The zero-order valence-electron chi connectivity index (χ0n) is 15.5. The Morgan fingerprint density at radius 1 is 1.11 bits per heavy atom. The van der Waals surface area contributed by atoms with E-state index in [1.54, 1.807) is 7.05 Å². The number of anilines is 1. The van der Waals surface area contributed by atoms with Gasteiger partial charge in [-0.1, -0.05) is 30.3 Å². The molecule has 0 aliphatic rings. The smallest absolute Gasteiger partial charge is 0.396 e. The SMILES string of the molecule is CN=C(NCCNc1ncccc1C(F)(F)F)NCC(CO)c1ccccc1. The Kier molecular flexibility index (Phi) is 8.06. The van der Waals surface area contributed by atoms with Crippen molar-refractivity contribution in [1.29, 1.82) is 0 Å². The molecule has 2 aromatic rings. The van der Waals surface area contributed by atoms with Gasteiger partial charge in [-0.2, -0.15) is 13.2 Å². The highest BCUT2D eigenvalue weighted by Gasteiger charge is 2.33. The lowest BCUT2D eigenvalue weighted by Gasteiger charge is -2.18. The molecule has 0 saturated heterocycles. The first-order valence-electron chi connectivity index (χ1n) is 8.82. The minimum Gasteiger partial charge on any atom is -0.396 e. The van der Waals surface area contributed by atoms with E-state index in [0.717, 1.165) is 11.6 Å². The molecule has 6 nitrogen and oxygen atoms in total. The predicted molar refractivity (Wildman–Crippen MR) is 103 cm³/mol. The summed E-state index contributed by atoms with van der Waals surface area (Å²) in [6.45, 7) is 1.01. The van der Waals surface area contributed by atoms with Crippen molar-refractivity contribution in [2.45, 2.75) is 12.1 Å². The van der Waals surface area contributed by atoms with Gasteiger partial charge in [-0.05, 0) is 17.7 Å². The van der Waals surface area contributed by atoms with Gasteiger partial charge in [0.2, 0.25) is 0 Å². The van der Waals surface area contributed by atoms with Crippen molar-refractivity contribution in [3.8, 4) is 0 Å². The number of aliphatic imine (C=N–C) groups is 1. The number of benzene rings is 1. The molecule has 0 amide bonds. The van der Waals surface area contributed by atoms with Crippen LogP contribution in [-0.2, 0) is 6.18 Å². The molecular weight excluding hydrogens is 371 g/mol. The molecule has 28 heavy (non-hydrogen) atoms. The zero-order chi connectivity index (χ0) is 20.4. The molecule has 0 fully saturated rings. The van der Waals surface area contributed by atoms with E-state index in [1.165, 1.54) is 12.3 Å². The summed E-state index contributed by atoms with van der Waals surface area (Å²) < 4.78 is 38.8. The summed E-state index contributed by atoms with van der Waals surface area (Å²) in [6.07, 6.45) is -3.15. The number of aliphatic hydroxyl groups excluding tert-OH is 1. The van der Waals surface area contributed by atoms with E-state index in [-0.39, 0.29) is 24.9 Å². The van der Waals surface area contributed by atoms with Crippen molar-refractivity contribution in [2.24, 2.45) is 4.99 Å². The van der Waals surface area contributed by atoms with Crippen LogP contribution in [0, 0.1) is 0 Å². The van der Waals surface area contributed by atoms with E-state index < -0.39 is 11.7 Å². The topological polar surface area (TPSA) is 81.6 Å². The van der Waals surface area contributed by atoms with Gasteiger partial charge in [-0.3, -0.25) is 4.99 Å². The summed E-state index contributed by atoms with van der Waals surface area (Å²) >= 11 is 0. The van der Waals surface area contributed by atoms with Crippen LogP contribution in [0.25, 0.3) is 0 Å². The first-order chi connectivity index (χ1) is 13.5. The standard InChI is InChI=1S/C19H24F3N5O/c1-23-18(27-12-15(13-28)14-6-3-2-4-7-14)26-11-10-25-17-16(19(20,21)22)8-5-9-24-17/h2-9,15,28H,10-13H2,1H3,(H,24,25)(H2,23,26,27). The van der Waals surface area contributed by atoms with E-state index in [4.69, 9.17) is 0 Å². The fourth-order valence-corrected chi connectivity index (χ4v) is 2.59. The predicted octanol–water partition coefficient (Wildman–Crippen LogP) is 2.45. The molecule has 0 radical (unpaired) electrons. The maximum absolute atomic E-state index is 12.9. The second kappa shape index (κ2) is 10.5. The number of guanidine groups is 1. The first-order valence-corrected chi connectivity index (χ1v) is 8.82. The Bertz CT molecular complexity index is 753. The Morgan fingerprint density at radius 2 is 1.86 bits per heavy atom. The fourth-order valence-electron chi connectivity index (χ4n) is 2.59. The second-order valence-electron chi connectivity index (χ2n) is 5.99. The van der Waals surface area contributed by atoms with Crippen LogP contribution in [0.2, 0.25) is 0 Å². The molecule has 0 bridgehead atoms. The Morgan fingerprint density at radius 3 is 2.50 bits per heavy atom. The first kappa shape index (κ1) is 21.5. The molecule has 2 rings (SSSR count). The summed E-state index contributed by atoms with van der Waals surface area (Å²) in [4.78, 5) is 7.83. The normalized spacial score (nSPS) is 13.1. The lowest BCUT2D eigenvalue weighted by atomic mass is 10.0. The van der Waals surface area contributed by atoms with Gasteiger partial charge in [-0.15, -0.1) is 0 Å². The molecule has 1 heterocycles. The van der Waals surface area contributed by atoms with Gasteiger partial charge in [-0.25, -0.2) is 4.98 Å². The summed E-state index contributed by atoms with van der Waals surface area (Å²) in [5.41, 5.74) is 0.204. The molecule has 9 heteroatoms. The number of hydrogen-bond acceptors (Lipinski definition) is 4. The largest absolute Gasteiger partial charge is 0.419 e. The van der Waals surface area contributed by atoms with Gasteiger partial charge < -0.3 is 21.1 Å². The third kappa shape index (κ3) is 6.41. The lowest BCUT2D eigenvalue weighted by molar-refractivity contribution is -0.137. The average molecular weight is 395 g/mol. The minimum atomic E-state index is -4.46. The minimum absolute atomic E-state index is 0.0184.